The van der Waals surface area contributed by atoms with Gasteiger partial charge in [-0.15, -0.1) is 0 Å². The molecule has 9 heteroatoms. The van der Waals surface area contributed by atoms with E-state index < -0.39 is 11.7 Å². The van der Waals surface area contributed by atoms with E-state index in [1.54, 1.807) is 18.6 Å². The summed E-state index contributed by atoms with van der Waals surface area (Å²) in [4.78, 5) is 15.9. The van der Waals surface area contributed by atoms with Crippen LogP contribution in [0.4, 0.5) is 19.1 Å². The van der Waals surface area contributed by atoms with E-state index >= 15 is 0 Å². The summed E-state index contributed by atoms with van der Waals surface area (Å²) in [6, 6.07) is 6.84. The van der Waals surface area contributed by atoms with Crippen molar-refractivity contribution in [2.45, 2.75) is 19.1 Å². The lowest BCUT2D eigenvalue weighted by molar-refractivity contribution is -0.137. The molecule has 0 atom stereocenters. The summed E-state index contributed by atoms with van der Waals surface area (Å²) in [7, 11) is 0. The number of halogens is 4. The molecule has 0 aliphatic heterocycles. The normalized spacial score (nSPS) is 11.7. The highest BCUT2D eigenvalue weighted by Gasteiger charge is 2.29. The van der Waals surface area contributed by atoms with Gasteiger partial charge in [-0.1, -0.05) is 23.7 Å². The van der Waals surface area contributed by atoms with Crippen molar-refractivity contribution in [2.24, 2.45) is 0 Å². The van der Waals surface area contributed by atoms with Crippen LogP contribution < -0.4 is 5.32 Å². The molecule has 0 saturated carbocycles. The Balaban J connectivity index is 1.39. The van der Waals surface area contributed by atoms with Crippen LogP contribution in [0.15, 0.2) is 55.1 Å². The van der Waals surface area contributed by atoms with Gasteiger partial charge in [-0.25, -0.2) is 15.0 Å². The second-order valence-electron chi connectivity index (χ2n) is 6.50. The zero-order valence-electron chi connectivity index (χ0n) is 15.0. The first-order chi connectivity index (χ1) is 13.9. The minimum Gasteiger partial charge on any atom is -0.350 e. The van der Waals surface area contributed by atoms with E-state index in [9.17, 15) is 13.2 Å². The molecule has 29 heavy (non-hydrogen) atoms. The van der Waals surface area contributed by atoms with Crippen LogP contribution in [0, 0.1) is 0 Å². The smallest absolute Gasteiger partial charge is 0.350 e. The molecule has 2 N–H and O–H groups in total. The van der Waals surface area contributed by atoms with E-state index in [1.165, 1.54) is 12.1 Å². The van der Waals surface area contributed by atoms with Gasteiger partial charge < -0.3 is 10.3 Å². The van der Waals surface area contributed by atoms with E-state index in [4.69, 9.17) is 11.6 Å². The molecule has 4 rings (SSSR count). The lowest BCUT2D eigenvalue weighted by Crippen LogP contribution is -2.06. The number of fused-ring (bicyclic) bond motifs is 1. The Morgan fingerprint density at radius 2 is 1.69 bits per heavy atom. The Morgan fingerprint density at radius 3 is 2.38 bits per heavy atom. The Bertz CT molecular complexity index is 1120. The fourth-order valence-corrected chi connectivity index (χ4v) is 3.09. The van der Waals surface area contributed by atoms with Gasteiger partial charge in [0.15, 0.2) is 0 Å². The third-order valence-electron chi connectivity index (χ3n) is 4.42. The molecule has 0 saturated heterocycles. The standard InChI is InChI=1S/C20H15ClF3N5/c21-16-6-17-14(10-25-18(17)26-11-16)5-13-8-28-19(29-9-13)27-7-12-1-3-15(4-2-12)20(22,23)24/h1-4,6,8-11H,5,7H2,(H,25,26)(H,27,28,29). The minimum atomic E-state index is -4.34. The molecule has 0 unspecified atom stereocenters. The Kier molecular flexibility index (Phi) is 5.10. The summed E-state index contributed by atoms with van der Waals surface area (Å²) < 4.78 is 37.8. The fourth-order valence-electron chi connectivity index (χ4n) is 2.93. The molecular formula is C20H15ClF3N5. The molecule has 0 radical (unpaired) electrons. The topological polar surface area (TPSA) is 66.5 Å². The molecule has 0 bridgehead atoms. The average Bonchev–Trinajstić information content (AvgIpc) is 3.09. The van der Waals surface area contributed by atoms with Gasteiger partial charge in [0.2, 0.25) is 5.95 Å². The number of hydrogen-bond donors (Lipinski definition) is 2. The maximum atomic E-state index is 12.6. The molecule has 3 heterocycles. The number of anilines is 1. The summed E-state index contributed by atoms with van der Waals surface area (Å²) in [5, 5.41) is 4.52. The number of nitrogens with zero attached hydrogens (tertiary/aromatic N) is 3. The van der Waals surface area contributed by atoms with E-state index in [0.717, 1.165) is 34.3 Å². The molecule has 148 valence electrons. The van der Waals surface area contributed by atoms with Crippen molar-refractivity contribution >= 4 is 28.6 Å². The SMILES string of the molecule is FC(F)(F)c1ccc(CNc2ncc(Cc3c[nH]c4ncc(Cl)cc34)cn2)cc1. The maximum absolute atomic E-state index is 12.6. The second kappa shape index (κ2) is 7.71. The Morgan fingerprint density at radius 1 is 0.966 bits per heavy atom. The molecule has 0 spiro atoms. The van der Waals surface area contributed by atoms with Gasteiger partial charge in [0.25, 0.3) is 0 Å². The van der Waals surface area contributed by atoms with Gasteiger partial charge in [-0.3, -0.25) is 0 Å². The van der Waals surface area contributed by atoms with Gasteiger partial charge >= 0.3 is 6.18 Å². The summed E-state index contributed by atoms with van der Waals surface area (Å²) in [5.41, 5.74) is 2.74. The molecule has 0 aliphatic carbocycles. The van der Waals surface area contributed by atoms with Crippen LogP contribution in [0.25, 0.3) is 11.0 Å². The molecule has 5 nitrogen and oxygen atoms in total. The molecule has 0 aliphatic rings. The van der Waals surface area contributed by atoms with Crippen molar-refractivity contribution in [3.63, 3.8) is 0 Å². The van der Waals surface area contributed by atoms with Crippen molar-refractivity contribution < 1.29 is 13.2 Å². The second-order valence-corrected chi connectivity index (χ2v) is 6.94. The van der Waals surface area contributed by atoms with Gasteiger partial charge in [0.1, 0.15) is 5.65 Å². The zero-order chi connectivity index (χ0) is 20.4. The fraction of sp³-hybridized carbons (Fsp3) is 0.150. The van der Waals surface area contributed by atoms with Gasteiger partial charge in [-0.2, -0.15) is 13.2 Å². The van der Waals surface area contributed by atoms with Crippen LogP contribution >= 0.6 is 11.6 Å². The van der Waals surface area contributed by atoms with Crippen molar-refractivity contribution in [3.8, 4) is 0 Å². The van der Waals surface area contributed by atoms with Crippen LogP contribution in [-0.2, 0) is 19.1 Å². The number of hydrogen-bond acceptors (Lipinski definition) is 4. The summed E-state index contributed by atoms with van der Waals surface area (Å²) in [5.74, 6) is 0.400. The van der Waals surface area contributed by atoms with E-state index in [1.807, 2.05) is 12.3 Å². The molecule has 0 fully saturated rings. The highest BCUT2D eigenvalue weighted by Crippen LogP contribution is 2.29. The number of alkyl halides is 3. The zero-order valence-corrected chi connectivity index (χ0v) is 15.7. The molecule has 4 aromatic rings. The minimum absolute atomic E-state index is 0.324. The first-order valence-electron chi connectivity index (χ1n) is 8.71. The number of rotatable bonds is 5. The first kappa shape index (κ1) is 19.2. The lowest BCUT2D eigenvalue weighted by Gasteiger charge is -2.09. The lowest BCUT2D eigenvalue weighted by atomic mass is 10.1. The summed E-state index contributed by atoms with van der Waals surface area (Å²) >= 11 is 6.02. The van der Waals surface area contributed by atoms with Gasteiger partial charge in [0, 0.05) is 43.1 Å². The average molecular weight is 418 g/mol. The predicted molar refractivity (Wildman–Crippen MR) is 105 cm³/mol. The highest BCUT2D eigenvalue weighted by atomic mass is 35.5. The summed E-state index contributed by atoms with van der Waals surface area (Å²) in [6.07, 6.45) is 3.16. The van der Waals surface area contributed by atoms with Crippen molar-refractivity contribution in [1.29, 1.82) is 0 Å². The molecule has 3 aromatic heterocycles. The number of aromatic amines is 1. The van der Waals surface area contributed by atoms with Crippen molar-refractivity contribution in [3.05, 3.63) is 82.4 Å². The van der Waals surface area contributed by atoms with Crippen LogP contribution in [0.2, 0.25) is 5.02 Å². The number of nitrogens with one attached hydrogen (secondary N) is 2. The van der Waals surface area contributed by atoms with E-state index in [2.05, 4.69) is 25.3 Å². The van der Waals surface area contributed by atoms with Gasteiger partial charge in [-0.05, 0) is 34.9 Å². The molecular weight excluding hydrogens is 403 g/mol. The quantitative estimate of drug-likeness (QED) is 0.466. The monoisotopic (exact) mass is 417 g/mol. The molecule has 1 aromatic carbocycles. The number of aromatic nitrogens is 4. The first-order valence-corrected chi connectivity index (χ1v) is 9.09. The predicted octanol–water partition coefficient (Wildman–Crippen LogP) is 5.23. The maximum Gasteiger partial charge on any atom is 0.416 e. The number of H-pyrrole nitrogens is 1. The Hall–Kier alpha value is -3.13. The van der Waals surface area contributed by atoms with E-state index in [-0.39, 0.29) is 0 Å². The van der Waals surface area contributed by atoms with Gasteiger partial charge in [0.05, 0.1) is 10.6 Å². The number of benzene rings is 1. The summed E-state index contributed by atoms with van der Waals surface area (Å²) in [6.45, 7) is 0.324. The Labute approximate surface area is 169 Å². The van der Waals surface area contributed by atoms with Crippen LogP contribution in [0.3, 0.4) is 0 Å². The van der Waals surface area contributed by atoms with Crippen molar-refractivity contribution in [2.75, 3.05) is 5.32 Å². The number of pyridine rings is 1. The largest absolute Gasteiger partial charge is 0.416 e. The van der Waals surface area contributed by atoms with E-state index in [0.29, 0.717) is 29.5 Å². The van der Waals surface area contributed by atoms with Crippen molar-refractivity contribution in [1.82, 2.24) is 19.9 Å². The van der Waals surface area contributed by atoms with Crippen LogP contribution in [0.1, 0.15) is 22.3 Å². The van der Waals surface area contributed by atoms with Crippen LogP contribution in [0.5, 0.6) is 0 Å². The van der Waals surface area contributed by atoms with Crippen LogP contribution in [-0.4, -0.2) is 19.9 Å². The highest BCUT2D eigenvalue weighted by molar-refractivity contribution is 6.31. The third-order valence-corrected chi connectivity index (χ3v) is 4.62. The third kappa shape index (κ3) is 4.48. The molecule has 0 amide bonds.